The fraction of sp³-hybridized carbons (Fsp3) is 0.500. The van der Waals surface area contributed by atoms with E-state index in [0.29, 0.717) is 12.8 Å². The van der Waals surface area contributed by atoms with Gasteiger partial charge in [0.15, 0.2) is 0 Å². The molecular formula is C18H21F3N2O4. The van der Waals surface area contributed by atoms with Gasteiger partial charge in [-0.25, -0.2) is 0 Å². The first-order valence-corrected chi connectivity index (χ1v) is 8.65. The fourth-order valence-electron chi connectivity index (χ4n) is 3.13. The molecule has 2 rings (SSSR count). The zero-order valence-corrected chi connectivity index (χ0v) is 14.6. The van der Waals surface area contributed by atoms with Gasteiger partial charge in [-0.1, -0.05) is 19.3 Å². The zero-order chi connectivity index (χ0) is 20.0. The number of nitrogens with zero attached hydrogens (tertiary/aromatic N) is 1. The van der Waals surface area contributed by atoms with Gasteiger partial charge >= 0.3 is 12.1 Å². The average Bonchev–Trinajstić information content (AvgIpc) is 2.64. The third-order valence-corrected chi connectivity index (χ3v) is 4.52. The van der Waals surface area contributed by atoms with Gasteiger partial charge in [-0.3, -0.25) is 14.4 Å². The quantitative estimate of drug-likeness (QED) is 0.787. The first kappa shape index (κ1) is 20.7. The molecule has 0 saturated heterocycles. The normalized spacial score (nSPS) is 15.2. The Morgan fingerprint density at radius 2 is 1.67 bits per heavy atom. The molecule has 0 aliphatic heterocycles. The first-order chi connectivity index (χ1) is 12.7. The van der Waals surface area contributed by atoms with Crippen molar-refractivity contribution in [2.24, 2.45) is 0 Å². The van der Waals surface area contributed by atoms with Gasteiger partial charge in [0.2, 0.25) is 5.91 Å². The number of alkyl halides is 3. The minimum atomic E-state index is -4.50. The van der Waals surface area contributed by atoms with E-state index in [1.807, 2.05) is 0 Å². The summed E-state index contributed by atoms with van der Waals surface area (Å²) >= 11 is 0. The number of hydrogen-bond donors (Lipinski definition) is 2. The van der Waals surface area contributed by atoms with Crippen LogP contribution in [0.15, 0.2) is 24.3 Å². The molecule has 6 nitrogen and oxygen atoms in total. The smallest absolute Gasteiger partial charge is 0.416 e. The molecule has 9 heteroatoms. The van der Waals surface area contributed by atoms with Crippen molar-refractivity contribution in [3.05, 3.63) is 35.4 Å². The van der Waals surface area contributed by atoms with E-state index in [4.69, 9.17) is 5.11 Å². The second kappa shape index (κ2) is 8.88. The molecule has 1 saturated carbocycles. The maximum absolute atomic E-state index is 12.5. The minimum Gasteiger partial charge on any atom is -0.480 e. The highest BCUT2D eigenvalue weighted by molar-refractivity contribution is 5.96. The Bertz CT molecular complexity index is 683. The van der Waals surface area contributed by atoms with Crippen molar-refractivity contribution in [3.8, 4) is 0 Å². The van der Waals surface area contributed by atoms with Crippen LogP contribution in [-0.4, -0.2) is 46.9 Å². The summed E-state index contributed by atoms with van der Waals surface area (Å²) in [6.07, 6.45) is -0.214. The van der Waals surface area contributed by atoms with Crippen LogP contribution in [0.1, 0.15) is 48.0 Å². The van der Waals surface area contributed by atoms with Gasteiger partial charge in [-0.05, 0) is 37.1 Å². The summed E-state index contributed by atoms with van der Waals surface area (Å²) < 4.78 is 37.6. The third-order valence-electron chi connectivity index (χ3n) is 4.52. The maximum atomic E-state index is 12.5. The fourth-order valence-corrected chi connectivity index (χ4v) is 3.13. The lowest BCUT2D eigenvalue weighted by atomic mass is 9.94. The Morgan fingerprint density at radius 1 is 1.07 bits per heavy atom. The van der Waals surface area contributed by atoms with Gasteiger partial charge in [0, 0.05) is 11.6 Å². The molecule has 148 valence electrons. The van der Waals surface area contributed by atoms with E-state index >= 15 is 0 Å². The molecule has 0 atom stereocenters. The molecule has 1 aliphatic carbocycles. The number of nitrogens with one attached hydrogen (secondary N) is 1. The number of benzene rings is 1. The van der Waals surface area contributed by atoms with Crippen molar-refractivity contribution in [1.82, 2.24) is 10.2 Å². The van der Waals surface area contributed by atoms with Crippen LogP contribution in [0.5, 0.6) is 0 Å². The molecule has 0 spiro atoms. The molecular weight excluding hydrogens is 365 g/mol. The van der Waals surface area contributed by atoms with Crippen molar-refractivity contribution in [1.29, 1.82) is 0 Å². The van der Waals surface area contributed by atoms with E-state index in [-0.39, 0.29) is 11.6 Å². The topological polar surface area (TPSA) is 86.7 Å². The average molecular weight is 386 g/mol. The molecule has 1 fully saturated rings. The van der Waals surface area contributed by atoms with E-state index in [0.717, 1.165) is 43.5 Å². The van der Waals surface area contributed by atoms with Gasteiger partial charge in [0.1, 0.15) is 6.54 Å². The summed E-state index contributed by atoms with van der Waals surface area (Å²) in [5, 5.41) is 11.4. The second-order valence-corrected chi connectivity index (χ2v) is 6.46. The summed E-state index contributed by atoms with van der Waals surface area (Å²) in [5.41, 5.74) is -0.890. The van der Waals surface area contributed by atoms with Crippen LogP contribution in [0.4, 0.5) is 13.2 Å². The molecule has 0 radical (unpaired) electrons. The van der Waals surface area contributed by atoms with Gasteiger partial charge in [0.25, 0.3) is 5.91 Å². The Kier molecular flexibility index (Phi) is 6.81. The molecule has 0 aromatic heterocycles. The van der Waals surface area contributed by atoms with Crippen LogP contribution >= 0.6 is 0 Å². The summed E-state index contributed by atoms with van der Waals surface area (Å²) in [4.78, 5) is 36.8. The number of aliphatic carboxylic acids is 1. The van der Waals surface area contributed by atoms with Crippen molar-refractivity contribution in [3.63, 3.8) is 0 Å². The molecule has 2 N–H and O–H groups in total. The van der Waals surface area contributed by atoms with Crippen LogP contribution in [0, 0.1) is 0 Å². The number of carboxylic acid groups (broad SMARTS) is 1. The lowest BCUT2D eigenvalue weighted by Gasteiger charge is -2.33. The van der Waals surface area contributed by atoms with Crippen LogP contribution in [0.2, 0.25) is 0 Å². The third kappa shape index (κ3) is 5.97. The van der Waals surface area contributed by atoms with Gasteiger partial charge in [-0.2, -0.15) is 13.2 Å². The van der Waals surface area contributed by atoms with Crippen molar-refractivity contribution in [2.75, 3.05) is 13.1 Å². The molecule has 1 aromatic carbocycles. The predicted molar refractivity (Wildman–Crippen MR) is 90.0 cm³/mol. The molecule has 1 aromatic rings. The molecule has 0 bridgehead atoms. The Hall–Kier alpha value is -2.58. The minimum absolute atomic E-state index is 0.0155. The second-order valence-electron chi connectivity index (χ2n) is 6.46. The Balaban J connectivity index is 1.96. The van der Waals surface area contributed by atoms with Crippen LogP contribution in [0.25, 0.3) is 0 Å². The van der Waals surface area contributed by atoms with Gasteiger partial charge in [-0.15, -0.1) is 0 Å². The highest BCUT2D eigenvalue weighted by Gasteiger charge is 2.30. The van der Waals surface area contributed by atoms with Crippen LogP contribution < -0.4 is 5.32 Å². The summed E-state index contributed by atoms with van der Waals surface area (Å²) in [7, 11) is 0. The maximum Gasteiger partial charge on any atom is 0.416 e. The van der Waals surface area contributed by atoms with Gasteiger partial charge < -0.3 is 15.3 Å². The number of hydrogen-bond acceptors (Lipinski definition) is 3. The lowest BCUT2D eigenvalue weighted by Crippen LogP contribution is -2.48. The van der Waals surface area contributed by atoms with E-state index < -0.39 is 42.6 Å². The number of rotatable bonds is 6. The number of carboxylic acids is 1. The van der Waals surface area contributed by atoms with Crippen molar-refractivity contribution < 1.29 is 32.7 Å². The zero-order valence-electron chi connectivity index (χ0n) is 14.6. The molecule has 1 aliphatic rings. The number of carbonyl (C=O) groups is 3. The highest BCUT2D eigenvalue weighted by atomic mass is 19.4. The lowest BCUT2D eigenvalue weighted by molar-refractivity contribution is -0.146. The summed E-state index contributed by atoms with van der Waals surface area (Å²) in [5.74, 6) is -2.36. The molecule has 0 unspecified atom stereocenters. The molecule has 2 amide bonds. The SMILES string of the molecule is O=C(O)CN(C(=O)CNC(=O)c1ccc(C(F)(F)F)cc1)C1CCCCC1. The van der Waals surface area contributed by atoms with Crippen LogP contribution in [-0.2, 0) is 15.8 Å². The monoisotopic (exact) mass is 386 g/mol. The standard InChI is InChI=1S/C18H21F3N2O4/c19-18(20,21)13-8-6-12(7-9-13)17(27)22-10-15(24)23(11-16(25)26)14-4-2-1-3-5-14/h6-9,14H,1-5,10-11H2,(H,22,27)(H,25,26). The number of carbonyl (C=O) groups excluding carboxylic acids is 2. The number of halogens is 3. The molecule has 27 heavy (non-hydrogen) atoms. The largest absolute Gasteiger partial charge is 0.480 e. The van der Waals surface area contributed by atoms with E-state index in [1.165, 1.54) is 4.90 Å². The van der Waals surface area contributed by atoms with E-state index in [2.05, 4.69) is 5.32 Å². The van der Waals surface area contributed by atoms with Crippen LogP contribution in [0.3, 0.4) is 0 Å². The number of amides is 2. The van der Waals surface area contributed by atoms with E-state index in [9.17, 15) is 27.6 Å². The first-order valence-electron chi connectivity index (χ1n) is 8.65. The Morgan fingerprint density at radius 3 is 2.19 bits per heavy atom. The van der Waals surface area contributed by atoms with E-state index in [1.54, 1.807) is 0 Å². The van der Waals surface area contributed by atoms with Crippen molar-refractivity contribution >= 4 is 17.8 Å². The predicted octanol–water partition coefficient (Wildman–Crippen LogP) is 2.68. The van der Waals surface area contributed by atoms with Crippen molar-refractivity contribution in [2.45, 2.75) is 44.3 Å². The molecule has 0 heterocycles. The highest BCUT2D eigenvalue weighted by Crippen LogP contribution is 2.29. The summed E-state index contributed by atoms with van der Waals surface area (Å²) in [6, 6.07) is 3.45. The van der Waals surface area contributed by atoms with Gasteiger partial charge in [0.05, 0.1) is 12.1 Å². The summed E-state index contributed by atoms with van der Waals surface area (Å²) in [6.45, 7) is -0.858. The Labute approximate surface area is 154 Å².